The molecule has 0 fully saturated rings. The number of amides is 1. The first-order valence-corrected chi connectivity index (χ1v) is 3.58. The van der Waals surface area contributed by atoms with Crippen LogP contribution in [0.3, 0.4) is 0 Å². The van der Waals surface area contributed by atoms with Crippen LogP contribution in [0.4, 0.5) is 0 Å². The Bertz CT molecular complexity index is 157. The zero-order valence-corrected chi connectivity index (χ0v) is 6.67. The van der Waals surface area contributed by atoms with Gasteiger partial charge in [-0.15, -0.1) is 0 Å². The van der Waals surface area contributed by atoms with Gasteiger partial charge in [-0.1, -0.05) is 0 Å². The van der Waals surface area contributed by atoms with Gasteiger partial charge in [-0.2, -0.15) is 0 Å². The lowest BCUT2D eigenvalue weighted by molar-refractivity contribution is -0.120. The standard InChI is InChI=1S/C7H14N2O2/c1-5(10)6(8)3-2-4-7(9)11/h6H,2-4,8H2,1H3,(H2,9,11)/t6-/m1/s1. The molecule has 0 saturated carbocycles. The molecule has 0 aliphatic heterocycles. The molecule has 0 saturated heterocycles. The van der Waals surface area contributed by atoms with E-state index in [2.05, 4.69) is 0 Å². The van der Waals surface area contributed by atoms with Crippen molar-refractivity contribution in [1.82, 2.24) is 0 Å². The summed E-state index contributed by atoms with van der Waals surface area (Å²) in [5, 5.41) is 0. The van der Waals surface area contributed by atoms with Gasteiger partial charge in [-0.3, -0.25) is 9.59 Å². The van der Waals surface area contributed by atoms with E-state index >= 15 is 0 Å². The molecule has 0 aromatic rings. The maximum atomic E-state index is 10.6. The molecule has 0 aliphatic rings. The van der Waals surface area contributed by atoms with E-state index in [1.807, 2.05) is 0 Å². The molecule has 0 bridgehead atoms. The quantitative estimate of drug-likeness (QED) is 0.568. The zero-order valence-electron chi connectivity index (χ0n) is 6.67. The third-order valence-corrected chi connectivity index (χ3v) is 1.46. The highest BCUT2D eigenvalue weighted by atomic mass is 16.1. The highest BCUT2D eigenvalue weighted by Gasteiger charge is 2.07. The van der Waals surface area contributed by atoms with Crippen molar-refractivity contribution in [1.29, 1.82) is 0 Å². The molecule has 0 heterocycles. The second-order valence-corrected chi connectivity index (χ2v) is 2.58. The molecule has 0 aromatic heterocycles. The van der Waals surface area contributed by atoms with Gasteiger partial charge in [0, 0.05) is 6.42 Å². The summed E-state index contributed by atoms with van der Waals surface area (Å²) in [6, 6.07) is -0.436. The van der Waals surface area contributed by atoms with Gasteiger partial charge in [0.1, 0.15) is 5.78 Å². The summed E-state index contributed by atoms with van der Waals surface area (Å²) < 4.78 is 0. The minimum atomic E-state index is -0.436. The highest BCUT2D eigenvalue weighted by Crippen LogP contribution is 1.98. The molecule has 4 heteroatoms. The number of Topliss-reactive ketones (excluding diaryl/α,β-unsaturated/α-hetero) is 1. The molecule has 1 atom stereocenters. The Morgan fingerprint density at radius 1 is 1.45 bits per heavy atom. The van der Waals surface area contributed by atoms with Gasteiger partial charge in [-0.05, 0) is 19.8 Å². The normalized spacial score (nSPS) is 12.5. The van der Waals surface area contributed by atoms with Gasteiger partial charge in [-0.25, -0.2) is 0 Å². The van der Waals surface area contributed by atoms with Crippen LogP contribution >= 0.6 is 0 Å². The topological polar surface area (TPSA) is 86.2 Å². The Morgan fingerprint density at radius 3 is 2.36 bits per heavy atom. The Morgan fingerprint density at radius 2 is 2.00 bits per heavy atom. The first-order chi connectivity index (χ1) is 5.04. The second-order valence-electron chi connectivity index (χ2n) is 2.58. The summed E-state index contributed by atoms with van der Waals surface area (Å²) in [7, 11) is 0. The van der Waals surface area contributed by atoms with Gasteiger partial charge < -0.3 is 11.5 Å². The predicted octanol–water partition coefficient (Wildman–Crippen LogP) is -0.442. The molecule has 0 unspecified atom stereocenters. The van der Waals surface area contributed by atoms with Crippen LogP contribution in [0.2, 0.25) is 0 Å². The molecule has 4 N–H and O–H groups in total. The number of rotatable bonds is 5. The smallest absolute Gasteiger partial charge is 0.217 e. The number of ketones is 1. The van der Waals surface area contributed by atoms with Gasteiger partial charge >= 0.3 is 0 Å². The van der Waals surface area contributed by atoms with Crippen molar-refractivity contribution < 1.29 is 9.59 Å². The van der Waals surface area contributed by atoms with E-state index in [0.717, 1.165) is 0 Å². The molecular formula is C7H14N2O2. The first kappa shape index (κ1) is 10.1. The van der Waals surface area contributed by atoms with E-state index in [1.165, 1.54) is 6.92 Å². The largest absolute Gasteiger partial charge is 0.370 e. The van der Waals surface area contributed by atoms with Crippen molar-refractivity contribution in [3.8, 4) is 0 Å². The number of primary amides is 1. The summed E-state index contributed by atoms with van der Waals surface area (Å²) in [5.41, 5.74) is 10.3. The minimum Gasteiger partial charge on any atom is -0.370 e. The lowest BCUT2D eigenvalue weighted by Gasteiger charge is -2.04. The minimum absolute atomic E-state index is 0.0468. The Hall–Kier alpha value is -0.900. The van der Waals surface area contributed by atoms with Crippen molar-refractivity contribution >= 4 is 11.7 Å². The van der Waals surface area contributed by atoms with Crippen molar-refractivity contribution in [2.24, 2.45) is 11.5 Å². The average molecular weight is 158 g/mol. The monoisotopic (exact) mass is 158 g/mol. The van der Waals surface area contributed by atoms with Crippen LogP contribution in [-0.4, -0.2) is 17.7 Å². The van der Waals surface area contributed by atoms with E-state index in [1.54, 1.807) is 0 Å². The fourth-order valence-electron chi connectivity index (χ4n) is 0.699. The maximum Gasteiger partial charge on any atom is 0.217 e. The summed E-state index contributed by atoms with van der Waals surface area (Å²) >= 11 is 0. The molecule has 0 spiro atoms. The van der Waals surface area contributed by atoms with E-state index in [-0.39, 0.29) is 11.7 Å². The Kier molecular flexibility index (Phi) is 4.45. The van der Waals surface area contributed by atoms with E-state index in [4.69, 9.17) is 11.5 Å². The van der Waals surface area contributed by atoms with Crippen LogP contribution in [0.15, 0.2) is 0 Å². The number of hydrogen-bond donors (Lipinski definition) is 2. The van der Waals surface area contributed by atoms with Crippen molar-refractivity contribution in [2.45, 2.75) is 32.2 Å². The molecule has 0 radical (unpaired) electrons. The van der Waals surface area contributed by atoms with Gasteiger partial charge in [0.15, 0.2) is 0 Å². The lowest BCUT2D eigenvalue weighted by atomic mass is 10.1. The first-order valence-electron chi connectivity index (χ1n) is 3.58. The van der Waals surface area contributed by atoms with Crippen LogP contribution in [0.25, 0.3) is 0 Å². The lowest BCUT2D eigenvalue weighted by Crippen LogP contribution is -2.28. The van der Waals surface area contributed by atoms with Gasteiger partial charge in [0.25, 0.3) is 0 Å². The van der Waals surface area contributed by atoms with Crippen molar-refractivity contribution in [2.75, 3.05) is 0 Å². The number of carbonyl (C=O) groups excluding carboxylic acids is 2. The van der Waals surface area contributed by atoms with E-state index < -0.39 is 6.04 Å². The van der Waals surface area contributed by atoms with Crippen LogP contribution in [0.1, 0.15) is 26.2 Å². The molecule has 4 nitrogen and oxygen atoms in total. The zero-order chi connectivity index (χ0) is 8.85. The molecule has 1 amide bonds. The molecule has 0 aliphatic carbocycles. The summed E-state index contributed by atoms with van der Waals surface area (Å²) in [4.78, 5) is 20.8. The molecule has 64 valence electrons. The third kappa shape index (κ3) is 5.54. The van der Waals surface area contributed by atoms with Crippen LogP contribution in [-0.2, 0) is 9.59 Å². The number of nitrogens with two attached hydrogens (primary N) is 2. The Labute approximate surface area is 65.9 Å². The van der Waals surface area contributed by atoms with Crippen molar-refractivity contribution in [3.63, 3.8) is 0 Å². The SMILES string of the molecule is CC(=O)[C@H](N)CCCC(N)=O. The second kappa shape index (κ2) is 4.85. The number of hydrogen-bond acceptors (Lipinski definition) is 3. The molecule has 11 heavy (non-hydrogen) atoms. The van der Waals surface area contributed by atoms with E-state index in [9.17, 15) is 9.59 Å². The predicted molar refractivity (Wildman–Crippen MR) is 41.7 cm³/mol. The summed E-state index contributed by atoms with van der Waals surface area (Å²) in [6.45, 7) is 1.44. The van der Waals surface area contributed by atoms with Crippen LogP contribution in [0, 0.1) is 0 Å². The highest BCUT2D eigenvalue weighted by molar-refractivity contribution is 5.81. The van der Waals surface area contributed by atoms with Gasteiger partial charge in [0.05, 0.1) is 6.04 Å². The fourth-order valence-corrected chi connectivity index (χ4v) is 0.699. The molecule has 0 aromatic carbocycles. The van der Waals surface area contributed by atoms with E-state index in [0.29, 0.717) is 19.3 Å². The van der Waals surface area contributed by atoms with Crippen LogP contribution in [0.5, 0.6) is 0 Å². The Balaban J connectivity index is 3.39. The molecule has 0 rings (SSSR count). The fraction of sp³-hybridized carbons (Fsp3) is 0.714. The van der Waals surface area contributed by atoms with Crippen LogP contribution < -0.4 is 11.5 Å². The number of carbonyl (C=O) groups is 2. The van der Waals surface area contributed by atoms with Crippen molar-refractivity contribution in [3.05, 3.63) is 0 Å². The summed E-state index contributed by atoms with van der Waals surface area (Å²) in [5.74, 6) is -0.393. The summed E-state index contributed by atoms with van der Waals surface area (Å²) in [6.07, 6.45) is 1.44. The third-order valence-electron chi connectivity index (χ3n) is 1.46. The molecular weight excluding hydrogens is 144 g/mol. The average Bonchev–Trinajstić information content (AvgIpc) is 1.86. The van der Waals surface area contributed by atoms with Gasteiger partial charge in [0.2, 0.25) is 5.91 Å². The maximum absolute atomic E-state index is 10.6.